The van der Waals surface area contributed by atoms with Gasteiger partial charge in [0, 0.05) is 0 Å². The van der Waals surface area contributed by atoms with Gasteiger partial charge in [-0.3, -0.25) is 9.59 Å². The minimum absolute atomic E-state index is 0.0761. The number of rotatable bonds is 14. The van der Waals surface area contributed by atoms with Gasteiger partial charge >= 0.3 is 11.9 Å². The van der Waals surface area contributed by atoms with Gasteiger partial charge in [-0.25, -0.2) is 0 Å². The second-order valence-electron chi connectivity index (χ2n) is 9.62. The van der Waals surface area contributed by atoms with Crippen LogP contribution in [0.1, 0.15) is 90.2 Å². The summed E-state index contributed by atoms with van der Waals surface area (Å²) in [6.45, 7) is 6.93. The van der Waals surface area contributed by atoms with Crippen molar-refractivity contribution in [2.45, 2.75) is 91.9 Å². The van der Waals surface area contributed by atoms with Crippen molar-refractivity contribution in [2.75, 3.05) is 0 Å². The van der Waals surface area contributed by atoms with Crippen LogP contribution < -0.4 is 0 Å². The number of unbranched alkanes of at least 4 members (excludes halogenated alkanes) is 4. The Labute approximate surface area is 180 Å². The van der Waals surface area contributed by atoms with Crippen LogP contribution in [0.4, 0.5) is 0 Å². The van der Waals surface area contributed by atoms with Gasteiger partial charge in [0.15, 0.2) is 11.5 Å². The van der Waals surface area contributed by atoms with Gasteiger partial charge in [-0.15, -0.1) is 0 Å². The molecule has 0 radical (unpaired) electrons. The predicted octanol–water partition coefficient (Wildman–Crippen LogP) is 5.53. The summed E-state index contributed by atoms with van der Waals surface area (Å²) in [4.78, 5) is 22.3. The SMILES string of the molecule is CC(C)(CCCCCc1cc(O)c(O)c(CCCCCC(C)(C)C(=O)O)c1)C(=O)O. The van der Waals surface area contributed by atoms with Gasteiger partial charge in [-0.1, -0.05) is 31.7 Å². The van der Waals surface area contributed by atoms with E-state index in [-0.39, 0.29) is 11.5 Å². The Balaban J connectivity index is 2.48. The highest BCUT2D eigenvalue weighted by atomic mass is 16.4. The van der Waals surface area contributed by atoms with E-state index in [1.807, 2.05) is 6.07 Å². The molecule has 0 saturated heterocycles. The van der Waals surface area contributed by atoms with Crippen LogP contribution in [0, 0.1) is 10.8 Å². The Morgan fingerprint density at radius 1 is 0.733 bits per heavy atom. The molecule has 0 amide bonds. The molecule has 170 valence electrons. The average molecular weight is 423 g/mol. The molecule has 0 atom stereocenters. The number of carbonyl (C=O) groups is 2. The molecule has 0 fully saturated rings. The maximum Gasteiger partial charge on any atom is 0.309 e. The zero-order chi connectivity index (χ0) is 22.9. The van der Waals surface area contributed by atoms with Crippen LogP contribution in [0.15, 0.2) is 12.1 Å². The average Bonchev–Trinajstić information content (AvgIpc) is 2.64. The van der Waals surface area contributed by atoms with Crippen LogP contribution >= 0.6 is 0 Å². The van der Waals surface area contributed by atoms with E-state index in [9.17, 15) is 19.8 Å². The topological polar surface area (TPSA) is 115 Å². The molecule has 0 heterocycles. The van der Waals surface area contributed by atoms with E-state index in [1.54, 1.807) is 33.8 Å². The van der Waals surface area contributed by atoms with Crippen LogP contribution in [-0.2, 0) is 22.4 Å². The van der Waals surface area contributed by atoms with E-state index < -0.39 is 22.8 Å². The van der Waals surface area contributed by atoms with Crippen molar-refractivity contribution in [1.82, 2.24) is 0 Å². The third-order valence-corrected chi connectivity index (χ3v) is 5.90. The third-order valence-electron chi connectivity index (χ3n) is 5.90. The highest BCUT2D eigenvalue weighted by Crippen LogP contribution is 2.33. The number of aryl methyl sites for hydroxylation is 2. The van der Waals surface area contributed by atoms with E-state index in [2.05, 4.69) is 0 Å². The Kier molecular flexibility index (Phi) is 9.66. The maximum atomic E-state index is 11.1. The van der Waals surface area contributed by atoms with Crippen molar-refractivity contribution < 1.29 is 30.0 Å². The summed E-state index contributed by atoms with van der Waals surface area (Å²) in [6.07, 6.45) is 7.76. The molecule has 30 heavy (non-hydrogen) atoms. The molecule has 0 aliphatic rings. The molecule has 0 bridgehead atoms. The number of hydrogen-bond acceptors (Lipinski definition) is 4. The minimum atomic E-state index is -0.788. The fraction of sp³-hybridized carbons (Fsp3) is 0.667. The normalized spacial score (nSPS) is 12.1. The molecular formula is C24H38O6. The first kappa shape index (κ1) is 25.8. The van der Waals surface area contributed by atoms with E-state index in [0.717, 1.165) is 56.1 Å². The largest absolute Gasteiger partial charge is 0.504 e. The first-order chi connectivity index (χ1) is 13.9. The smallest absolute Gasteiger partial charge is 0.309 e. The Morgan fingerprint density at radius 2 is 1.20 bits per heavy atom. The summed E-state index contributed by atoms with van der Waals surface area (Å²) in [5.41, 5.74) is 0.253. The number of aromatic hydroxyl groups is 2. The number of hydrogen-bond donors (Lipinski definition) is 4. The summed E-state index contributed by atoms with van der Waals surface area (Å²) in [7, 11) is 0. The van der Waals surface area contributed by atoms with Crippen LogP contribution in [0.3, 0.4) is 0 Å². The lowest BCUT2D eigenvalue weighted by atomic mass is 9.86. The lowest BCUT2D eigenvalue weighted by molar-refractivity contribution is -0.148. The minimum Gasteiger partial charge on any atom is -0.504 e. The first-order valence-corrected chi connectivity index (χ1v) is 10.9. The summed E-state index contributed by atoms with van der Waals surface area (Å²) in [5.74, 6) is -1.75. The number of carboxylic acid groups (broad SMARTS) is 2. The van der Waals surface area contributed by atoms with Gasteiger partial charge in [0.1, 0.15) is 0 Å². The number of carboxylic acids is 2. The maximum absolute atomic E-state index is 11.1. The van der Waals surface area contributed by atoms with Crippen LogP contribution in [0.2, 0.25) is 0 Å². The van der Waals surface area contributed by atoms with Crippen molar-refractivity contribution in [3.63, 3.8) is 0 Å². The van der Waals surface area contributed by atoms with Crippen LogP contribution in [-0.4, -0.2) is 32.4 Å². The molecule has 0 aromatic heterocycles. The van der Waals surface area contributed by atoms with E-state index >= 15 is 0 Å². The number of phenolic OH excluding ortho intramolecular Hbond substituents is 2. The number of phenols is 2. The van der Waals surface area contributed by atoms with Gasteiger partial charge in [0.25, 0.3) is 0 Å². The third kappa shape index (κ3) is 8.25. The van der Waals surface area contributed by atoms with Crippen molar-refractivity contribution in [3.05, 3.63) is 23.3 Å². The monoisotopic (exact) mass is 422 g/mol. The highest BCUT2D eigenvalue weighted by Gasteiger charge is 2.26. The molecule has 6 heteroatoms. The van der Waals surface area contributed by atoms with Gasteiger partial charge in [-0.2, -0.15) is 0 Å². The fourth-order valence-electron chi connectivity index (χ4n) is 3.42. The fourth-order valence-corrected chi connectivity index (χ4v) is 3.42. The number of aliphatic carboxylic acids is 2. The van der Waals surface area contributed by atoms with Crippen molar-refractivity contribution in [1.29, 1.82) is 0 Å². The van der Waals surface area contributed by atoms with Gasteiger partial charge in [0.05, 0.1) is 10.8 Å². The lowest BCUT2D eigenvalue weighted by Crippen LogP contribution is -2.23. The van der Waals surface area contributed by atoms with Gasteiger partial charge < -0.3 is 20.4 Å². The van der Waals surface area contributed by atoms with Crippen molar-refractivity contribution >= 4 is 11.9 Å². The Bertz CT molecular complexity index is 721. The molecule has 4 N–H and O–H groups in total. The van der Waals surface area contributed by atoms with Crippen LogP contribution in [0.5, 0.6) is 11.5 Å². The van der Waals surface area contributed by atoms with E-state index in [4.69, 9.17) is 10.2 Å². The molecule has 0 aliphatic heterocycles. The second kappa shape index (κ2) is 11.2. The highest BCUT2D eigenvalue weighted by molar-refractivity contribution is 5.73. The van der Waals surface area contributed by atoms with Crippen molar-refractivity contribution in [2.24, 2.45) is 10.8 Å². The van der Waals surface area contributed by atoms with Gasteiger partial charge in [-0.05, 0) is 83.4 Å². The zero-order valence-corrected chi connectivity index (χ0v) is 18.8. The summed E-state index contributed by atoms with van der Waals surface area (Å²) in [6, 6.07) is 3.52. The molecule has 6 nitrogen and oxygen atoms in total. The summed E-state index contributed by atoms with van der Waals surface area (Å²) in [5, 5.41) is 38.5. The Hall–Kier alpha value is -2.24. The molecule has 1 aromatic rings. The standard InChI is InChI=1S/C24H38O6/c1-23(2,21(27)28)13-9-5-7-11-17-15-18(20(26)19(25)16-17)12-8-6-10-14-24(3,4)22(29)30/h15-16,25-26H,5-14H2,1-4H3,(H,27,28)(H,29,30). The predicted molar refractivity (Wildman–Crippen MR) is 117 cm³/mol. The summed E-state index contributed by atoms with van der Waals surface area (Å²) < 4.78 is 0. The molecule has 0 saturated carbocycles. The molecule has 0 spiro atoms. The van der Waals surface area contributed by atoms with E-state index in [1.165, 1.54) is 0 Å². The summed E-state index contributed by atoms with van der Waals surface area (Å²) >= 11 is 0. The van der Waals surface area contributed by atoms with Crippen LogP contribution in [0.25, 0.3) is 0 Å². The zero-order valence-electron chi connectivity index (χ0n) is 18.8. The molecule has 0 aliphatic carbocycles. The Morgan fingerprint density at radius 3 is 1.67 bits per heavy atom. The van der Waals surface area contributed by atoms with E-state index in [0.29, 0.717) is 19.3 Å². The first-order valence-electron chi connectivity index (χ1n) is 10.9. The quantitative estimate of drug-likeness (QED) is 0.232. The molecule has 0 unspecified atom stereocenters. The van der Waals surface area contributed by atoms with Gasteiger partial charge in [0.2, 0.25) is 0 Å². The number of benzene rings is 1. The second-order valence-corrected chi connectivity index (χ2v) is 9.62. The lowest BCUT2D eigenvalue weighted by Gasteiger charge is -2.18. The molecule has 1 rings (SSSR count). The molecular weight excluding hydrogens is 384 g/mol. The van der Waals surface area contributed by atoms with Crippen molar-refractivity contribution in [3.8, 4) is 11.5 Å². The molecule has 1 aromatic carbocycles.